The lowest BCUT2D eigenvalue weighted by atomic mass is 9.95. The first-order valence-electron chi connectivity index (χ1n) is 9.61. The summed E-state index contributed by atoms with van der Waals surface area (Å²) in [5.74, 6) is 0.910. The number of nitrogens with zero attached hydrogens (tertiary/aromatic N) is 3. The minimum absolute atomic E-state index is 0.109. The van der Waals surface area contributed by atoms with Gasteiger partial charge in [-0.3, -0.25) is 4.79 Å². The van der Waals surface area contributed by atoms with Crippen LogP contribution in [-0.2, 0) is 0 Å². The van der Waals surface area contributed by atoms with Gasteiger partial charge in [0.1, 0.15) is 5.75 Å². The summed E-state index contributed by atoms with van der Waals surface area (Å²) in [5, 5.41) is 8.40. The molecule has 0 aliphatic carbocycles. The average Bonchev–Trinajstić information content (AvgIpc) is 3.09. The number of pyridine rings is 1. The lowest BCUT2D eigenvalue weighted by Crippen LogP contribution is -2.32. The van der Waals surface area contributed by atoms with Crippen LogP contribution < -0.4 is 10.1 Å². The van der Waals surface area contributed by atoms with Crippen LogP contribution in [-0.4, -0.2) is 27.8 Å². The van der Waals surface area contributed by atoms with Gasteiger partial charge in [0.05, 0.1) is 30.3 Å². The van der Waals surface area contributed by atoms with Gasteiger partial charge in [-0.1, -0.05) is 26.0 Å². The molecule has 0 fully saturated rings. The van der Waals surface area contributed by atoms with Crippen molar-refractivity contribution in [2.45, 2.75) is 46.7 Å². The lowest BCUT2D eigenvalue weighted by molar-refractivity contribution is 0.0927. The minimum atomic E-state index is -0.117. The number of carbonyl (C=O) groups excluding carboxylic acids is 1. The molecular weight excluding hydrogens is 352 g/mol. The summed E-state index contributed by atoms with van der Waals surface area (Å²) < 4.78 is 7.09. The number of carbonyl (C=O) groups is 1. The Balaban J connectivity index is 1.96. The molecule has 0 bridgehead atoms. The predicted molar refractivity (Wildman–Crippen MR) is 111 cm³/mol. The van der Waals surface area contributed by atoms with Crippen molar-refractivity contribution in [2.24, 2.45) is 5.92 Å². The van der Waals surface area contributed by atoms with Gasteiger partial charge >= 0.3 is 0 Å². The Hall–Kier alpha value is -2.89. The van der Waals surface area contributed by atoms with Gasteiger partial charge in [0.25, 0.3) is 5.91 Å². The third-order valence-electron chi connectivity index (χ3n) is 4.86. The maximum absolute atomic E-state index is 13.2. The third-order valence-corrected chi connectivity index (χ3v) is 4.86. The highest BCUT2D eigenvalue weighted by Crippen LogP contribution is 2.26. The van der Waals surface area contributed by atoms with Gasteiger partial charge in [0.2, 0.25) is 0 Å². The second-order valence-electron chi connectivity index (χ2n) is 7.70. The van der Waals surface area contributed by atoms with Crippen LogP contribution in [0.2, 0.25) is 0 Å². The van der Waals surface area contributed by atoms with E-state index in [2.05, 4.69) is 43.1 Å². The topological polar surface area (TPSA) is 69.0 Å². The molecule has 1 atom stereocenters. The quantitative estimate of drug-likeness (QED) is 0.686. The zero-order valence-electron chi connectivity index (χ0n) is 17.4. The summed E-state index contributed by atoms with van der Waals surface area (Å²) in [6, 6.07) is 9.71. The SMILES string of the molecule is COc1ccc([C@H](NC(=O)c2cc(C)nc3c2cnn3C(C)C)C(C)C)cc1. The third kappa shape index (κ3) is 3.86. The zero-order chi connectivity index (χ0) is 20.4. The summed E-state index contributed by atoms with van der Waals surface area (Å²) in [6.07, 6.45) is 1.73. The number of amides is 1. The van der Waals surface area contributed by atoms with Crippen molar-refractivity contribution in [3.63, 3.8) is 0 Å². The van der Waals surface area contributed by atoms with Crippen molar-refractivity contribution in [3.05, 3.63) is 53.3 Å². The molecule has 2 heterocycles. The molecule has 0 saturated heterocycles. The molecule has 28 heavy (non-hydrogen) atoms. The molecule has 0 aliphatic rings. The molecule has 1 amide bonds. The summed E-state index contributed by atoms with van der Waals surface area (Å²) in [5.41, 5.74) is 3.19. The maximum atomic E-state index is 13.2. The Morgan fingerprint density at radius 2 is 1.82 bits per heavy atom. The van der Waals surface area contributed by atoms with E-state index in [1.165, 1.54) is 0 Å². The van der Waals surface area contributed by atoms with Gasteiger partial charge in [-0.2, -0.15) is 5.10 Å². The Bertz CT molecular complexity index is 974. The van der Waals surface area contributed by atoms with Crippen LogP contribution >= 0.6 is 0 Å². The van der Waals surface area contributed by atoms with Crippen molar-refractivity contribution < 1.29 is 9.53 Å². The number of fused-ring (bicyclic) bond motifs is 1. The van der Waals surface area contributed by atoms with Gasteiger partial charge in [-0.15, -0.1) is 0 Å². The van der Waals surface area contributed by atoms with Crippen molar-refractivity contribution >= 4 is 16.9 Å². The average molecular weight is 380 g/mol. The zero-order valence-corrected chi connectivity index (χ0v) is 17.4. The van der Waals surface area contributed by atoms with E-state index in [4.69, 9.17) is 4.74 Å². The molecule has 0 spiro atoms. The normalized spacial score (nSPS) is 12.6. The van der Waals surface area contributed by atoms with Gasteiger partial charge in [-0.05, 0) is 50.5 Å². The fraction of sp³-hybridized carbons (Fsp3) is 0.409. The molecule has 6 heteroatoms. The Labute approximate surface area is 165 Å². The number of nitrogens with one attached hydrogen (secondary N) is 1. The summed E-state index contributed by atoms with van der Waals surface area (Å²) in [7, 11) is 1.64. The van der Waals surface area contributed by atoms with E-state index in [-0.39, 0.29) is 23.9 Å². The predicted octanol–water partition coefficient (Wildman–Crippen LogP) is 4.46. The van der Waals surface area contributed by atoms with Crippen LogP contribution in [0.5, 0.6) is 5.75 Å². The van der Waals surface area contributed by atoms with Gasteiger partial charge < -0.3 is 10.1 Å². The molecule has 0 radical (unpaired) electrons. The fourth-order valence-electron chi connectivity index (χ4n) is 3.37. The number of benzene rings is 1. The number of aromatic nitrogens is 3. The number of hydrogen-bond acceptors (Lipinski definition) is 4. The van der Waals surface area contributed by atoms with Gasteiger partial charge in [0, 0.05) is 11.7 Å². The summed E-state index contributed by atoms with van der Waals surface area (Å²) in [6.45, 7) is 10.2. The van der Waals surface area contributed by atoms with Crippen LogP contribution in [0.1, 0.15) is 61.4 Å². The van der Waals surface area contributed by atoms with Crippen LogP contribution in [0.15, 0.2) is 36.5 Å². The van der Waals surface area contributed by atoms with Crippen molar-refractivity contribution in [3.8, 4) is 5.75 Å². The highest BCUT2D eigenvalue weighted by Gasteiger charge is 2.22. The number of methoxy groups -OCH3 is 1. The number of rotatable bonds is 6. The number of ether oxygens (including phenoxy) is 1. The van der Waals surface area contributed by atoms with E-state index in [9.17, 15) is 4.79 Å². The Morgan fingerprint density at radius 1 is 1.14 bits per heavy atom. The van der Waals surface area contributed by atoms with Crippen LogP contribution in [0.25, 0.3) is 11.0 Å². The second kappa shape index (κ2) is 8.00. The molecule has 0 unspecified atom stereocenters. The second-order valence-corrected chi connectivity index (χ2v) is 7.70. The Kier molecular flexibility index (Phi) is 5.68. The maximum Gasteiger partial charge on any atom is 0.252 e. The highest BCUT2D eigenvalue weighted by atomic mass is 16.5. The minimum Gasteiger partial charge on any atom is -0.497 e. The van der Waals surface area contributed by atoms with E-state index < -0.39 is 0 Å². The van der Waals surface area contributed by atoms with E-state index >= 15 is 0 Å². The molecule has 6 nitrogen and oxygen atoms in total. The first-order chi connectivity index (χ1) is 13.3. The molecule has 0 saturated carbocycles. The molecule has 148 valence electrons. The van der Waals surface area contributed by atoms with Crippen LogP contribution in [0.3, 0.4) is 0 Å². The van der Waals surface area contributed by atoms with E-state index in [0.29, 0.717) is 5.56 Å². The number of aryl methyl sites for hydroxylation is 1. The molecular formula is C22H28N4O2. The summed E-state index contributed by atoms with van der Waals surface area (Å²) in [4.78, 5) is 17.8. The molecule has 3 aromatic rings. The van der Waals surface area contributed by atoms with Crippen molar-refractivity contribution in [1.82, 2.24) is 20.1 Å². The molecule has 2 aromatic heterocycles. The first-order valence-corrected chi connectivity index (χ1v) is 9.61. The Morgan fingerprint density at radius 3 is 2.39 bits per heavy atom. The number of hydrogen-bond donors (Lipinski definition) is 1. The highest BCUT2D eigenvalue weighted by molar-refractivity contribution is 6.05. The lowest BCUT2D eigenvalue weighted by Gasteiger charge is -2.23. The van der Waals surface area contributed by atoms with E-state index in [1.807, 2.05) is 41.9 Å². The van der Waals surface area contributed by atoms with Crippen molar-refractivity contribution in [2.75, 3.05) is 7.11 Å². The van der Waals surface area contributed by atoms with Crippen molar-refractivity contribution in [1.29, 1.82) is 0 Å². The monoisotopic (exact) mass is 380 g/mol. The standard InChI is InChI=1S/C22H28N4O2/c1-13(2)20(16-7-9-17(28-6)10-8-16)25-22(27)18-11-15(5)24-21-19(18)12-23-26(21)14(3)4/h7-14,20H,1-6H3,(H,25,27)/t20-/m1/s1. The van der Waals surface area contributed by atoms with E-state index in [0.717, 1.165) is 28.0 Å². The van der Waals surface area contributed by atoms with Crippen LogP contribution in [0.4, 0.5) is 0 Å². The van der Waals surface area contributed by atoms with Gasteiger partial charge in [0.15, 0.2) is 5.65 Å². The molecule has 0 aliphatic heterocycles. The molecule has 1 aromatic carbocycles. The largest absolute Gasteiger partial charge is 0.497 e. The smallest absolute Gasteiger partial charge is 0.252 e. The van der Waals surface area contributed by atoms with Crippen LogP contribution in [0, 0.1) is 12.8 Å². The van der Waals surface area contributed by atoms with Gasteiger partial charge in [-0.25, -0.2) is 9.67 Å². The molecule has 1 N–H and O–H groups in total. The molecule has 3 rings (SSSR count). The fourth-order valence-corrected chi connectivity index (χ4v) is 3.37. The first kappa shape index (κ1) is 19.9. The summed E-state index contributed by atoms with van der Waals surface area (Å²) >= 11 is 0. The van der Waals surface area contributed by atoms with E-state index in [1.54, 1.807) is 13.3 Å².